The number of aromatic nitrogens is 2. The maximum absolute atomic E-state index is 4.75. The lowest BCUT2D eigenvalue weighted by Gasteiger charge is -2.14. The quantitative estimate of drug-likeness (QED) is 0.844. The lowest BCUT2D eigenvalue weighted by molar-refractivity contribution is 0.751. The zero-order valence-electron chi connectivity index (χ0n) is 11.4. The SMILES string of the molecule is CCCNc1nc(C(C)C)nc(C2CC2)c1C. The molecular formula is C14H23N3. The molecule has 1 N–H and O–H groups in total. The van der Waals surface area contributed by atoms with Crippen molar-refractivity contribution in [3.63, 3.8) is 0 Å². The van der Waals surface area contributed by atoms with E-state index in [1.54, 1.807) is 0 Å². The van der Waals surface area contributed by atoms with Crippen LogP contribution in [0.15, 0.2) is 0 Å². The third-order valence-corrected chi connectivity index (χ3v) is 3.22. The highest BCUT2D eigenvalue weighted by Gasteiger charge is 2.28. The Bertz CT molecular complexity index is 395. The maximum Gasteiger partial charge on any atom is 0.133 e. The second-order valence-electron chi connectivity index (χ2n) is 5.30. The first-order chi connectivity index (χ1) is 8.13. The van der Waals surface area contributed by atoms with E-state index in [0.29, 0.717) is 11.8 Å². The molecule has 0 bridgehead atoms. The van der Waals surface area contributed by atoms with Gasteiger partial charge in [-0.3, -0.25) is 0 Å². The summed E-state index contributed by atoms with van der Waals surface area (Å²) in [5, 5.41) is 3.43. The number of hydrogen-bond acceptors (Lipinski definition) is 3. The van der Waals surface area contributed by atoms with E-state index >= 15 is 0 Å². The van der Waals surface area contributed by atoms with E-state index < -0.39 is 0 Å². The summed E-state index contributed by atoms with van der Waals surface area (Å²) in [6.45, 7) is 9.62. The molecule has 0 amide bonds. The van der Waals surface area contributed by atoms with Crippen molar-refractivity contribution in [1.82, 2.24) is 9.97 Å². The second-order valence-corrected chi connectivity index (χ2v) is 5.30. The van der Waals surface area contributed by atoms with Crippen molar-refractivity contribution in [2.45, 2.75) is 58.8 Å². The number of rotatable bonds is 5. The molecule has 2 rings (SSSR count). The van der Waals surface area contributed by atoms with E-state index in [1.807, 2.05) is 0 Å². The monoisotopic (exact) mass is 233 g/mol. The molecule has 17 heavy (non-hydrogen) atoms. The van der Waals surface area contributed by atoms with Crippen LogP contribution in [-0.4, -0.2) is 16.5 Å². The van der Waals surface area contributed by atoms with Gasteiger partial charge in [-0.2, -0.15) is 0 Å². The zero-order chi connectivity index (χ0) is 12.4. The van der Waals surface area contributed by atoms with E-state index in [1.165, 1.54) is 24.1 Å². The smallest absolute Gasteiger partial charge is 0.133 e. The van der Waals surface area contributed by atoms with Crippen molar-refractivity contribution >= 4 is 5.82 Å². The van der Waals surface area contributed by atoms with Gasteiger partial charge in [-0.25, -0.2) is 9.97 Å². The highest BCUT2D eigenvalue weighted by atomic mass is 15.0. The summed E-state index contributed by atoms with van der Waals surface area (Å²) in [4.78, 5) is 9.41. The zero-order valence-corrected chi connectivity index (χ0v) is 11.4. The number of nitrogens with one attached hydrogen (secondary N) is 1. The average Bonchev–Trinajstić information content (AvgIpc) is 3.11. The Labute approximate surface area is 104 Å². The molecule has 0 aromatic carbocycles. The minimum atomic E-state index is 0.398. The first-order valence-corrected chi connectivity index (χ1v) is 6.75. The Balaban J connectivity index is 2.34. The predicted molar refractivity (Wildman–Crippen MR) is 71.6 cm³/mol. The van der Waals surface area contributed by atoms with Gasteiger partial charge in [-0.15, -0.1) is 0 Å². The highest BCUT2D eigenvalue weighted by molar-refractivity contribution is 5.47. The van der Waals surface area contributed by atoms with Gasteiger partial charge in [0.1, 0.15) is 11.6 Å². The Morgan fingerprint density at radius 3 is 2.53 bits per heavy atom. The van der Waals surface area contributed by atoms with E-state index in [-0.39, 0.29) is 0 Å². The molecule has 1 saturated carbocycles. The van der Waals surface area contributed by atoms with Gasteiger partial charge < -0.3 is 5.32 Å². The van der Waals surface area contributed by atoms with Gasteiger partial charge in [-0.1, -0.05) is 20.8 Å². The van der Waals surface area contributed by atoms with Gasteiger partial charge in [0.25, 0.3) is 0 Å². The molecule has 1 heterocycles. The first kappa shape index (κ1) is 12.3. The molecule has 0 atom stereocenters. The van der Waals surface area contributed by atoms with Crippen LogP contribution in [0.1, 0.15) is 69.0 Å². The molecule has 1 aromatic rings. The lowest BCUT2D eigenvalue weighted by Crippen LogP contribution is -2.11. The Hall–Kier alpha value is -1.12. The number of anilines is 1. The van der Waals surface area contributed by atoms with Crippen molar-refractivity contribution in [3.8, 4) is 0 Å². The van der Waals surface area contributed by atoms with Gasteiger partial charge >= 0.3 is 0 Å². The molecule has 1 aliphatic carbocycles. The molecule has 94 valence electrons. The minimum Gasteiger partial charge on any atom is -0.370 e. The summed E-state index contributed by atoms with van der Waals surface area (Å²) in [7, 11) is 0. The minimum absolute atomic E-state index is 0.398. The Morgan fingerprint density at radius 1 is 1.29 bits per heavy atom. The van der Waals surface area contributed by atoms with Crippen LogP contribution >= 0.6 is 0 Å². The van der Waals surface area contributed by atoms with E-state index in [2.05, 4.69) is 38.0 Å². The normalized spacial score (nSPS) is 15.4. The first-order valence-electron chi connectivity index (χ1n) is 6.75. The van der Waals surface area contributed by atoms with Crippen LogP contribution < -0.4 is 5.32 Å². The standard InChI is InChI=1S/C14H23N3/c1-5-8-15-14-10(4)12(11-6-7-11)16-13(17-14)9(2)3/h9,11H,5-8H2,1-4H3,(H,15,16,17). The molecule has 0 unspecified atom stereocenters. The molecule has 1 aliphatic rings. The van der Waals surface area contributed by atoms with Crippen LogP contribution in [0, 0.1) is 6.92 Å². The topological polar surface area (TPSA) is 37.8 Å². The third-order valence-electron chi connectivity index (χ3n) is 3.22. The fourth-order valence-corrected chi connectivity index (χ4v) is 1.98. The summed E-state index contributed by atoms with van der Waals surface area (Å²) in [6, 6.07) is 0. The number of nitrogens with zero attached hydrogens (tertiary/aromatic N) is 2. The van der Waals surface area contributed by atoms with Crippen molar-refractivity contribution in [2.75, 3.05) is 11.9 Å². The van der Waals surface area contributed by atoms with Crippen molar-refractivity contribution in [1.29, 1.82) is 0 Å². The molecule has 0 saturated heterocycles. The molecular weight excluding hydrogens is 210 g/mol. The van der Waals surface area contributed by atoms with E-state index in [9.17, 15) is 0 Å². The molecule has 0 radical (unpaired) electrons. The highest BCUT2D eigenvalue weighted by Crippen LogP contribution is 2.41. The molecule has 3 heteroatoms. The van der Waals surface area contributed by atoms with Crippen LogP contribution in [0.4, 0.5) is 5.82 Å². The second kappa shape index (κ2) is 5.03. The summed E-state index contributed by atoms with van der Waals surface area (Å²) in [5.74, 6) is 3.12. The third kappa shape index (κ3) is 2.76. The molecule has 0 aliphatic heterocycles. The van der Waals surface area contributed by atoms with Gasteiger partial charge in [0, 0.05) is 23.9 Å². The van der Waals surface area contributed by atoms with Gasteiger partial charge in [-0.05, 0) is 26.2 Å². The van der Waals surface area contributed by atoms with Crippen LogP contribution in [-0.2, 0) is 0 Å². The molecule has 1 fully saturated rings. The molecule has 0 spiro atoms. The van der Waals surface area contributed by atoms with E-state index in [4.69, 9.17) is 4.98 Å². The average molecular weight is 233 g/mol. The molecule has 3 nitrogen and oxygen atoms in total. The van der Waals surface area contributed by atoms with Gasteiger partial charge in [0.05, 0.1) is 5.69 Å². The number of hydrogen-bond donors (Lipinski definition) is 1. The summed E-state index contributed by atoms with van der Waals surface area (Å²) in [6.07, 6.45) is 3.71. The van der Waals surface area contributed by atoms with Crippen LogP contribution in [0.25, 0.3) is 0 Å². The van der Waals surface area contributed by atoms with Crippen LogP contribution in [0.5, 0.6) is 0 Å². The van der Waals surface area contributed by atoms with E-state index in [0.717, 1.165) is 24.6 Å². The van der Waals surface area contributed by atoms with Crippen LogP contribution in [0.2, 0.25) is 0 Å². The summed E-state index contributed by atoms with van der Waals surface area (Å²) < 4.78 is 0. The van der Waals surface area contributed by atoms with Crippen molar-refractivity contribution in [3.05, 3.63) is 17.1 Å². The molecule has 1 aromatic heterocycles. The fourth-order valence-electron chi connectivity index (χ4n) is 1.98. The Morgan fingerprint density at radius 2 is 2.00 bits per heavy atom. The van der Waals surface area contributed by atoms with Gasteiger partial charge in [0.15, 0.2) is 0 Å². The summed E-state index contributed by atoms with van der Waals surface area (Å²) in [5.41, 5.74) is 2.53. The summed E-state index contributed by atoms with van der Waals surface area (Å²) >= 11 is 0. The largest absolute Gasteiger partial charge is 0.370 e. The Kier molecular flexibility index (Phi) is 3.65. The lowest BCUT2D eigenvalue weighted by atomic mass is 10.1. The maximum atomic E-state index is 4.75. The van der Waals surface area contributed by atoms with Crippen LogP contribution in [0.3, 0.4) is 0 Å². The fraction of sp³-hybridized carbons (Fsp3) is 0.714. The van der Waals surface area contributed by atoms with Crippen molar-refractivity contribution in [2.24, 2.45) is 0 Å². The van der Waals surface area contributed by atoms with Gasteiger partial charge in [0.2, 0.25) is 0 Å². The van der Waals surface area contributed by atoms with Crippen molar-refractivity contribution < 1.29 is 0 Å². The predicted octanol–water partition coefficient (Wildman–Crippen LogP) is 3.61.